The Morgan fingerprint density at radius 3 is 0.952 bits per heavy atom. The maximum Gasteiger partial charge on any atom is -0.0116 e. The fraction of sp³-hybridized carbons (Fsp3) is 1.00. The van der Waals surface area contributed by atoms with Gasteiger partial charge in [-0.2, -0.15) is 0 Å². The molecule has 0 amide bonds. The topological polar surface area (TPSA) is 0 Å². The summed E-state index contributed by atoms with van der Waals surface area (Å²) in [6.45, 7) is 29.4. The molecule has 0 aromatic rings. The first-order valence-corrected chi connectivity index (χ1v) is 12.3. The Balaban J connectivity index is 4.80. The molecule has 0 unspecified atom stereocenters. The van der Waals surface area contributed by atoms with Crippen molar-refractivity contribution in [1.82, 2.24) is 0 Å². The predicted molar refractivity (Wildman–Crippen MR) is 107 cm³/mol. The highest BCUT2D eigenvalue weighted by molar-refractivity contribution is 7.75. The lowest BCUT2D eigenvalue weighted by atomic mass is 9.86. The molecule has 0 bridgehead atoms. The molecule has 0 saturated carbocycles. The third-order valence-electron chi connectivity index (χ3n) is 4.42. The molecule has 128 valence electrons. The third kappa shape index (κ3) is 8.91. The number of rotatable bonds is 6. The Kier molecular flexibility index (Phi) is 7.47. The van der Waals surface area contributed by atoms with Crippen LogP contribution in [-0.2, 0) is 0 Å². The highest BCUT2D eigenvalue weighted by atomic mass is 31.2. The standard InChI is InChI=1S/C19H42P2/c1-16(2,3)13-18(7,8)20(11)15-21(12)19(9,10)14-17(4,5)6/h13-15H2,1-12H3/t20-,21-/m0/s1. The zero-order chi connectivity index (χ0) is 17.3. The van der Waals surface area contributed by atoms with Crippen molar-refractivity contribution in [3.63, 3.8) is 0 Å². The fourth-order valence-corrected chi connectivity index (χ4v) is 10.7. The van der Waals surface area contributed by atoms with Crippen molar-refractivity contribution in [2.45, 2.75) is 92.4 Å². The minimum Gasteiger partial charge on any atom is -0.0997 e. The summed E-state index contributed by atoms with van der Waals surface area (Å²) in [6, 6.07) is 0. The molecule has 0 spiro atoms. The van der Waals surface area contributed by atoms with Gasteiger partial charge in [0.15, 0.2) is 0 Å². The molecule has 2 heteroatoms. The van der Waals surface area contributed by atoms with Crippen molar-refractivity contribution in [3.8, 4) is 0 Å². The van der Waals surface area contributed by atoms with E-state index in [9.17, 15) is 0 Å². The van der Waals surface area contributed by atoms with Gasteiger partial charge in [-0.15, -0.1) is 0 Å². The van der Waals surface area contributed by atoms with E-state index in [1.165, 1.54) is 18.7 Å². The van der Waals surface area contributed by atoms with Gasteiger partial charge in [-0.25, -0.2) is 0 Å². The SMILES string of the molecule is C[P@@](C[P@](C)C(C)(C)CC(C)(C)C)C(C)(C)CC(C)(C)C. The van der Waals surface area contributed by atoms with E-state index in [1.807, 2.05) is 0 Å². The van der Waals surface area contributed by atoms with Gasteiger partial charge in [0, 0.05) is 0 Å². The molecule has 0 aliphatic carbocycles. The molecule has 0 nitrogen and oxygen atoms in total. The second-order valence-corrected chi connectivity index (χ2v) is 17.0. The first-order chi connectivity index (χ1) is 8.96. The van der Waals surface area contributed by atoms with Gasteiger partial charge in [0.1, 0.15) is 0 Å². The zero-order valence-electron chi connectivity index (χ0n) is 17.0. The van der Waals surface area contributed by atoms with E-state index >= 15 is 0 Å². The van der Waals surface area contributed by atoms with Crippen LogP contribution in [0.2, 0.25) is 0 Å². The summed E-state index contributed by atoms with van der Waals surface area (Å²) in [5, 5.41) is 1.00. The first kappa shape index (κ1) is 21.9. The molecule has 0 heterocycles. The highest BCUT2D eigenvalue weighted by Crippen LogP contribution is 2.63. The molecule has 0 radical (unpaired) electrons. The summed E-state index contributed by atoms with van der Waals surface area (Å²) in [5.41, 5.74) is 0.884. The minimum absolute atomic E-state index is 0.0954. The van der Waals surface area contributed by atoms with E-state index in [4.69, 9.17) is 0 Å². The van der Waals surface area contributed by atoms with Crippen LogP contribution < -0.4 is 0 Å². The molecule has 2 atom stereocenters. The Labute approximate surface area is 138 Å². The van der Waals surface area contributed by atoms with E-state index in [0.29, 0.717) is 21.1 Å². The van der Waals surface area contributed by atoms with Crippen LogP contribution in [0.4, 0.5) is 0 Å². The van der Waals surface area contributed by atoms with Crippen LogP contribution in [-0.4, -0.2) is 29.5 Å². The number of hydrogen-bond donors (Lipinski definition) is 0. The van der Waals surface area contributed by atoms with Gasteiger partial charge in [0.25, 0.3) is 0 Å². The summed E-state index contributed by atoms with van der Waals surface area (Å²) < 4.78 is 0. The van der Waals surface area contributed by atoms with E-state index < -0.39 is 0 Å². The average molecular weight is 332 g/mol. The summed E-state index contributed by atoms with van der Waals surface area (Å²) in [6.07, 6.45) is 2.68. The van der Waals surface area contributed by atoms with Crippen molar-refractivity contribution in [2.75, 3.05) is 19.2 Å². The van der Waals surface area contributed by atoms with Gasteiger partial charge in [0.2, 0.25) is 0 Å². The molecule has 0 saturated heterocycles. The second-order valence-electron chi connectivity index (χ2n) is 10.6. The van der Waals surface area contributed by atoms with Crippen molar-refractivity contribution < 1.29 is 0 Å². The maximum atomic E-state index is 2.55. The largest absolute Gasteiger partial charge is 0.0997 e. The molecule has 0 aliphatic rings. The zero-order valence-corrected chi connectivity index (χ0v) is 18.8. The van der Waals surface area contributed by atoms with Crippen LogP contribution >= 0.6 is 15.8 Å². The fourth-order valence-electron chi connectivity index (χ4n) is 3.57. The van der Waals surface area contributed by atoms with Gasteiger partial charge in [-0.1, -0.05) is 85.1 Å². The predicted octanol–water partition coefficient (Wildman–Crippen LogP) is 7.60. The van der Waals surface area contributed by atoms with E-state index in [-0.39, 0.29) is 15.8 Å². The third-order valence-corrected chi connectivity index (χ3v) is 12.3. The molecule has 21 heavy (non-hydrogen) atoms. The Morgan fingerprint density at radius 1 is 0.524 bits per heavy atom. The van der Waals surface area contributed by atoms with Crippen LogP contribution in [0.15, 0.2) is 0 Å². The molecule has 0 fully saturated rings. The van der Waals surface area contributed by atoms with E-state index in [1.54, 1.807) is 0 Å². The average Bonchev–Trinajstić information content (AvgIpc) is 2.08. The van der Waals surface area contributed by atoms with Crippen molar-refractivity contribution in [1.29, 1.82) is 0 Å². The summed E-state index contributed by atoms with van der Waals surface area (Å²) in [7, 11) is 0.191. The summed E-state index contributed by atoms with van der Waals surface area (Å²) in [5.74, 6) is 1.47. The van der Waals surface area contributed by atoms with Crippen LogP contribution in [0.3, 0.4) is 0 Å². The normalized spacial score (nSPS) is 17.7. The lowest BCUT2D eigenvalue weighted by molar-refractivity contribution is 0.335. The first-order valence-electron chi connectivity index (χ1n) is 8.39. The lowest BCUT2D eigenvalue weighted by Gasteiger charge is -2.43. The van der Waals surface area contributed by atoms with E-state index in [0.717, 1.165) is 0 Å². The van der Waals surface area contributed by atoms with Crippen molar-refractivity contribution >= 4 is 15.8 Å². The number of hydrogen-bond acceptors (Lipinski definition) is 0. The smallest absolute Gasteiger partial charge is 0.0116 e. The molecule has 0 N–H and O–H groups in total. The Morgan fingerprint density at radius 2 is 0.762 bits per heavy atom. The molecular formula is C19H42P2. The molecule has 0 aliphatic heterocycles. The Hall–Kier alpha value is 0.860. The molecular weight excluding hydrogens is 290 g/mol. The van der Waals surface area contributed by atoms with Gasteiger partial charge in [-0.05, 0) is 53.2 Å². The maximum absolute atomic E-state index is 2.55. The van der Waals surface area contributed by atoms with Crippen molar-refractivity contribution in [2.24, 2.45) is 10.8 Å². The van der Waals surface area contributed by atoms with Gasteiger partial charge >= 0.3 is 0 Å². The van der Waals surface area contributed by atoms with Crippen molar-refractivity contribution in [3.05, 3.63) is 0 Å². The highest BCUT2D eigenvalue weighted by Gasteiger charge is 2.36. The van der Waals surface area contributed by atoms with Crippen LogP contribution in [0, 0.1) is 10.8 Å². The monoisotopic (exact) mass is 332 g/mol. The summed E-state index contributed by atoms with van der Waals surface area (Å²) in [4.78, 5) is 0. The van der Waals surface area contributed by atoms with Gasteiger partial charge in [0.05, 0.1) is 0 Å². The molecule has 0 rings (SSSR count). The quantitative estimate of drug-likeness (QED) is 0.439. The lowest BCUT2D eigenvalue weighted by Crippen LogP contribution is -2.29. The second kappa shape index (κ2) is 7.18. The summed E-state index contributed by atoms with van der Waals surface area (Å²) >= 11 is 0. The van der Waals surface area contributed by atoms with Crippen LogP contribution in [0.25, 0.3) is 0 Å². The van der Waals surface area contributed by atoms with Crippen LogP contribution in [0.1, 0.15) is 82.1 Å². The van der Waals surface area contributed by atoms with Gasteiger partial charge < -0.3 is 0 Å². The van der Waals surface area contributed by atoms with E-state index in [2.05, 4.69) is 82.6 Å². The van der Waals surface area contributed by atoms with Crippen LogP contribution in [0.5, 0.6) is 0 Å². The van der Waals surface area contributed by atoms with Gasteiger partial charge in [-0.3, -0.25) is 0 Å². The minimum atomic E-state index is 0.0954. The molecule has 0 aromatic heterocycles. The molecule has 0 aromatic carbocycles. The Bertz CT molecular complexity index is 283.